The second-order valence-corrected chi connectivity index (χ2v) is 24.8. The molecule has 2 aromatic heterocycles. The number of anilines is 2. The summed E-state index contributed by atoms with van der Waals surface area (Å²) in [6, 6.07) is 59.8. The molecule has 17 rings (SSSR count). The molecule has 4 atom stereocenters. The van der Waals surface area contributed by atoms with Gasteiger partial charge >= 0.3 is 6.85 Å². The van der Waals surface area contributed by atoms with Crippen molar-refractivity contribution in [3.63, 3.8) is 0 Å². The minimum Gasteiger partial charge on any atom is -0.376 e. The van der Waals surface area contributed by atoms with Crippen molar-refractivity contribution in [2.24, 2.45) is 11.8 Å². The molecule has 2 aliphatic heterocycles. The number of rotatable bonds is 4. The van der Waals surface area contributed by atoms with Crippen LogP contribution in [0.25, 0.3) is 81.0 Å². The van der Waals surface area contributed by atoms with Gasteiger partial charge in [-0.15, -0.1) is 11.3 Å². The van der Waals surface area contributed by atoms with Gasteiger partial charge in [-0.2, -0.15) is 0 Å². The third kappa shape index (κ3) is 5.24. The lowest BCUT2D eigenvalue weighted by atomic mass is 9.43. The Labute approximate surface area is 420 Å². The molecule has 0 amide bonds. The van der Waals surface area contributed by atoms with Crippen LogP contribution >= 0.6 is 11.3 Å². The molecule has 0 bridgehead atoms. The maximum atomic E-state index is 2.81. The smallest absolute Gasteiger partial charge is 0.333 e. The van der Waals surface area contributed by atoms with Crippen LogP contribution in [0.4, 0.5) is 11.4 Å². The van der Waals surface area contributed by atoms with Crippen LogP contribution in [0, 0.1) is 11.8 Å². The Morgan fingerprint density at radius 2 is 1.25 bits per heavy atom. The number of allylic oxidation sites excluding steroid dienone is 4. The van der Waals surface area contributed by atoms with Crippen molar-refractivity contribution in [3.05, 3.63) is 197 Å². The standard InChI is InChI=1S/C67H53BN2S/c1-65(2)55-16-10-8-14-47(55)52-34-53-50-33-51-48-15-9-11-17-59(48)71-60(51)35-58(50)70(46-21-18-39(19-22-46)38-12-6-5-7-13-38)68-56-32-45(67(4)27-25-41-29-43(41)37-67)31-54-49-30-44(66(3)26-24-40-28-42(40)36-66)20-23-57(49)69(63(54)56)64(61(52)65)62(53)68/h5-25,30-35,42-43H,26-29,36-37H2,1-4H3. The van der Waals surface area contributed by atoms with Crippen molar-refractivity contribution in [1.29, 1.82) is 0 Å². The maximum Gasteiger partial charge on any atom is 0.333 e. The molecule has 0 radical (unpaired) electrons. The minimum atomic E-state index is -0.231. The summed E-state index contributed by atoms with van der Waals surface area (Å²) >= 11 is 1.94. The SMILES string of the molecule is CC1(c2ccc3c(c2)c2cc(C4(C)CC=C5CC5C4)cc4c2n3-c2c3c(cc5c2C(C)(C)c2ccccc2-5)-c2cc5c(cc2N(c2ccc(-c6ccccc6)cc2)B34)sc2ccccc25)CC=C2CC2C1. The number of nitrogens with zero attached hydrogens (tertiary/aromatic N) is 2. The van der Waals surface area contributed by atoms with Crippen LogP contribution in [0.15, 0.2) is 175 Å². The molecular formula is C67H53BN2S. The highest BCUT2D eigenvalue weighted by Gasteiger charge is 2.51. The first kappa shape index (κ1) is 39.8. The lowest BCUT2D eigenvalue weighted by molar-refractivity contribution is 0.407. The van der Waals surface area contributed by atoms with Gasteiger partial charge in [0.05, 0.1) is 11.0 Å². The Morgan fingerprint density at radius 3 is 2.04 bits per heavy atom. The zero-order valence-electron chi connectivity index (χ0n) is 40.9. The molecule has 2 nitrogen and oxygen atoms in total. The Morgan fingerprint density at radius 1 is 0.549 bits per heavy atom. The predicted molar refractivity (Wildman–Crippen MR) is 301 cm³/mol. The van der Waals surface area contributed by atoms with Crippen molar-refractivity contribution in [3.8, 4) is 39.1 Å². The van der Waals surface area contributed by atoms with Crippen LogP contribution in [-0.4, -0.2) is 11.4 Å². The van der Waals surface area contributed by atoms with Crippen LogP contribution in [0.1, 0.15) is 88.5 Å². The second kappa shape index (κ2) is 13.3. The number of benzene rings is 8. The summed E-state index contributed by atoms with van der Waals surface area (Å²) in [6.45, 7) is 10.1. The van der Waals surface area contributed by atoms with Crippen molar-refractivity contribution < 1.29 is 0 Å². The van der Waals surface area contributed by atoms with Crippen LogP contribution in [0.5, 0.6) is 0 Å². The summed E-state index contributed by atoms with van der Waals surface area (Å²) in [4.78, 5) is 2.79. The number of thiophene rings is 1. The fraction of sp³-hybridized carbons (Fsp3) is 0.224. The summed E-state index contributed by atoms with van der Waals surface area (Å²) < 4.78 is 5.49. The van der Waals surface area contributed by atoms with E-state index in [0.29, 0.717) is 0 Å². The number of hydrogen-bond acceptors (Lipinski definition) is 2. The van der Waals surface area contributed by atoms with E-state index in [1.165, 1.54) is 151 Å². The van der Waals surface area contributed by atoms with E-state index in [9.17, 15) is 0 Å². The normalized spacial score (nSPS) is 23.5. The molecule has 0 saturated heterocycles. The Bertz CT molecular complexity index is 4150. The molecule has 0 N–H and O–H groups in total. The first-order valence-electron chi connectivity index (χ1n) is 26.3. The quantitative estimate of drug-likeness (QED) is 0.126. The monoisotopic (exact) mass is 928 g/mol. The molecule has 5 aliphatic carbocycles. The van der Waals surface area contributed by atoms with E-state index in [1.807, 2.05) is 11.3 Å². The van der Waals surface area contributed by atoms with E-state index >= 15 is 0 Å². The lowest BCUT2D eigenvalue weighted by Crippen LogP contribution is -2.61. The van der Waals surface area contributed by atoms with Crippen LogP contribution < -0.4 is 15.7 Å². The molecule has 4 heteroatoms. The Balaban J connectivity index is 1.03. The topological polar surface area (TPSA) is 8.17 Å². The highest BCUT2D eigenvalue weighted by Crippen LogP contribution is 2.59. The highest BCUT2D eigenvalue weighted by atomic mass is 32.1. The fourth-order valence-corrected chi connectivity index (χ4v) is 16.4. The van der Waals surface area contributed by atoms with Gasteiger partial charge in [0.1, 0.15) is 0 Å². The lowest BCUT2D eigenvalue weighted by Gasteiger charge is -2.44. The molecule has 4 heterocycles. The minimum absolute atomic E-state index is 0.0482. The summed E-state index contributed by atoms with van der Waals surface area (Å²) in [5.74, 6) is 1.49. The van der Waals surface area contributed by atoms with Gasteiger partial charge in [-0.05, 0) is 177 Å². The summed E-state index contributed by atoms with van der Waals surface area (Å²) in [7, 11) is 0. The molecule has 2 fully saturated rings. The van der Waals surface area contributed by atoms with Crippen LogP contribution in [0.3, 0.4) is 0 Å². The van der Waals surface area contributed by atoms with Gasteiger partial charge in [-0.25, -0.2) is 0 Å². The zero-order valence-corrected chi connectivity index (χ0v) is 41.7. The van der Waals surface area contributed by atoms with Gasteiger partial charge in [-0.1, -0.05) is 148 Å². The molecule has 7 aliphatic rings. The molecule has 8 aromatic carbocycles. The van der Waals surface area contributed by atoms with E-state index in [2.05, 4.69) is 201 Å². The molecule has 71 heavy (non-hydrogen) atoms. The van der Waals surface area contributed by atoms with Gasteiger partial charge < -0.3 is 9.38 Å². The van der Waals surface area contributed by atoms with Crippen LogP contribution in [-0.2, 0) is 16.2 Å². The number of fused-ring (bicyclic) bond motifs is 16. The second-order valence-electron chi connectivity index (χ2n) is 23.8. The summed E-state index contributed by atoms with van der Waals surface area (Å²) in [5, 5.41) is 5.52. The van der Waals surface area contributed by atoms with E-state index in [-0.39, 0.29) is 23.1 Å². The van der Waals surface area contributed by atoms with Gasteiger partial charge in [0.2, 0.25) is 0 Å². The van der Waals surface area contributed by atoms with E-state index in [1.54, 1.807) is 11.1 Å². The van der Waals surface area contributed by atoms with Gasteiger partial charge in [0, 0.05) is 59.0 Å². The average molecular weight is 929 g/mol. The van der Waals surface area contributed by atoms with Crippen LogP contribution in [0.2, 0.25) is 0 Å². The fourth-order valence-electron chi connectivity index (χ4n) is 15.3. The first-order chi connectivity index (χ1) is 34.6. The third-order valence-electron chi connectivity index (χ3n) is 19.2. The third-order valence-corrected chi connectivity index (χ3v) is 20.3. The number of hydrogen-bond donors (Lipinski definition) is 0. The highest BCUT2D eigenvalue weighted by molar-refractivity contribution is 7.25. The van der Waals surface area contributed by atoms with Gasteiger partial charge in [-0.3, -0.25) is 0 Å². The zero-order chi connectivity index (χ0) is 46.9. The van der Waals surface area contributed by atoms with E-state index in [0.717, 1.165) is 24.7 Å². The van der Waals surface area contributed by atoms with E-state index in [4.69, 9.17) is 0 Å². The summed E-state index contributed by atoms with van der Waals surface area (Å²) in [5.41, 5.74) is 26.7. The Hall–Kier alpha value is -6.88. The van der Waals surface area contributed by atoms with E-state index < -0.39 is 0 Å². The maximum absolute atomic E-state index is 2.81. The van der Waals surface area contributed by atoms with Crippen molar-refractivity contribution in [1.82, 2.24) is 4.57 Å². The Kier molecular flexibility index (Phi) is 7.48. The molecule has 2 saturated carbocycles. The van der Waals surface area contributed by atoms with Gasteiger partial charge in [0.15, 0.2) is 0 Å². The predicted octanol–water partition coefficient (Wildman–Crippen LogP) is 16.4. The molecule has 10 aromatic rings. The van der Waals surface area contributed by atoms with Gasteiger partial charge in [0.25, 0.3) is 0 Å². The molecule has 4 unspecified atom stereocenters. The van der Waals surface area contributed by atoms with Crippen molar-refractivity contribution in [2.75, 3.05) is 4.81 Å². The summed E-state index contributed by atoms with van der Waals surface area (Å²) in [6.07, 6.45) is 12.5. The first-order valence-corrected chi connectivity index (χ1v) is 27.2. The average Bonchev–Trinajstić information content (AvgIpc) is 4.27. The molecule has 340 valence electrons. The van der Waals surface area contributed by atoms with Crippen molar-refractivity contribution >= 4 is 82.5 Å². The number of aromatic nitrogens is 1. The molecular weight excluding hydrogens is 876 g/mol. The largest absolute Gasteiger partial charge is 0.376 e. The molecule has 0 spiro atoms. The van der Waals surface area contributed by atoms with Crippen molar-refractivity contribution in [2.45, 2.75) is 82.5 Å².